The Kier molecular flexibility index (Phi) is 6.74. The van der Waals surface area contributed by atoms with Crippen LogP contribution in [0.4, 0.5) is 4.39 Å². The van der Waals surface area contributed by atoms with Gasteiger partial charge in [0, 0.05) is 10.4 Å². The zero-order valence-electron chi connectivity index (χ0n) is 15.3. The SMILES string of the molecule is CC[NH+](CC(=O)N[C@H](c1ccc(F)cc1)c1cccs1)Cc1ccccc1. The third kappa shape index (κ3) is 5.49. The van der Waals surface area contributed by atoms with Crippen molar-refractivity contribution in [1.29, 1.82) is 0 Å². The molecule has 0 saturated carbocycles. The van der Waals surface area contributed by atoms with Crippen LogP contribution in [0.15, 0.2) is 72.1 Å². The van der Waals surface area contributed by atoms with Gasteiger partial charge in [-0.25, -0.2) is 4.39 Å². The molecule has 3 rings (SSSR count). The molecule has 0 fully saturated rings. The Morgan fingerprint density at radius 1 is 1.07 bits per heavy atom. The number of halogens is 1. The Bertz CT molecular complexity index is 835. The van der Waals surface area contributed by atoms with Crippen LogP contribution in [-0.4, -0.2) is 19.0 Å². The van der Waals surface area contributed by atoms with E-state index in [-0.39, 0.29) is 17.8 Å². The zero-order chi connectivity index (χ0) is 19.1. The van der Waals surface area contributed by atoms with Crippen molar-refractivity contribution in [3.05, 3.63) is 93.9 Å². The summed E-state index contributed by atoms with van der Waals surface area (Å²) in [5.41, 5.74) is 2.10. The van der Waals surface area contributed by atoms with Crippen LogP contribution in [0.3, 0.4) is 0 Å². The Morgan fingerprint density at radius 3 is 2.44 bits per heavy atom. The van der Waals surface area contributed by atoms with Crippen LogP contribution >= 0.6 is 11.3 Å². The third-order valence-corrected chi connectivity index (χ3v) is 5.48. The van der Waals surface area contributed by atoms with Gasteiger partial charge in [0.15, 0.2) is 6.54 Å². The van der Waals surface area contributed by atoms with Gasteiger partial charge in [-0.05, 0) is 36.1 Å². The lowest BCUT2D eigenvalue weighted by Gasteiger charge is -2.21. The summed E-state index contributed by atoms with van der Waals surface area (Å²) in [7, 11) is 0. The van der Waals surface area contributed by atoms with Crippen LogP contribution in [0.2, 0.25) is 0 Å². The minimum absolute atomic E-state index is 0.00879. The van der Waals surface area contributed by atoms with Crippen LogP contribution in [0.25, 0.3) is 0 Å². The molecule has 0 aliphatic heterocycles. The molecule has 1 heterocycles. The Hall–Kier alpha value is -2.50. The molecule has 0 aliphatic carbocycles. The van der Waals surface area contributed by atoms with E-state index in [2.05, 4.69) is 24.4 Å². The van der Waals surface area contributed by atoms with Gasteiger partial charge in [-0.2, -0.15) is 0 Å². The van der Waals surface area contributed by atoms with E-state index in [1.54, 1.807) is 23.5 Å². The molecule has 2 N–H and O–H groups in total. The molecular formula is C22H24FN2OS+. The number of rotatable bonds is 8. The van der Waals surface area contributed by atoms with Gasteiger partial charge >= 0.3 is 0 Å². The normalized spacial score (nSPS) is 13.1. The topological polar surface area (TPSA) is 33.5 Å². The van der Waals surface area contributed by atoms with Crippen molar-refractivity contribution in [3.63, 3.8) is 0 Å². The maximum Gasteiger partial charge on any atom is 0.275 e. The van der Waals surface area contributed by atoms with Crippen molar-refractivity contribution >= 4 is 17.2 Å². The first-order valence-electron chi connectivity index (χ1n) is 9.11. The summed E-state index contributed by atoms with van der Waals surface area (Å²) in [5.74, 6) is -0.287. The lowest BCUT2D eigenvalue weighted by Crippen LogP contribution is -3.11. The van der Waals surface area contributed by atoms with E-state index in [0.717, 1.165) is 23.5 Å². The van der Waals surface area contributed by atoms with Crippen molar-refractivity contribution < 1.29 is 14.1 Å². The summed E-state index contributed by atoms with van der Waals surface area (Å²) < 4.78 is 13.3. The molecule has 0 radical (unpaired) electrons. The van der Waals surface area contributed by atoms with Gasteiger partial charge in [0.2, 0.25) is 0 Å². The van der Waals surface area contributed by atoms with Crippen molar-refractivity contribution in [2.45, 2.75) is 19.5 Å². The number of hydrogen-bond donors (Lipinski definition) is 2. The smallest absolute Gasteiger partial charge is 0.275 e. The van der Waals surface area contributed by atoms with Crippen LogP contribution in [-0.2, 0) is 11.3 Å². The molecule has 5 heteroatoms. The van der Waals surface area contributed by atoms with Gasteiger partial charge in [0.25, 0.3) is 5.91 Å². The van der Waals surface area contributed by atoms with Gasteiger partial charge in [0.05, 0.1) is 12.6 Å². The highest BCUT2D eigenvalue weighted by molar-refractivity contribution is 7.10. The van der Waals surface area contributed by atoms with E-state index in [4.69, 9.17) is 0 Å². The number of quaternary nitrogens is 1. The average molecular weight is 384 g/mol. The van der Waals surface area contributed by atoms with Crippen LogP contribution < -0.4 is 10.2 Å². The second kappa shape index (κ2) is 9.44. The van der Waals surface area contributed by atoms with E-state index in [0.29, 0.717) is 6.54 Å². The molecule has 0 spiro atoms. The molecule has 1 aromatic heterocycles. The largest absolute Gasteiger partial charge is 0.339 e. The molecule has 2 aromatic carbocycles. The highest BCUT2D eigenvalue weighted by atomic mass is 32.1. The Labute approximate surface area is 163 Å². The van der Waals surface area contributed by atoms with Gasteiger partial charge in [0.1, 0.15) is 12.4 Å². The quantitative estimate of drug-likeness (QED) is 0.615. The monoisotopic (exact) mass is 383 g/mol. The molecule has 1 amide bonds. The maximum atomic E-state index is 13.3. The average Bonchev–Trinajstić information content (AvgIpc) is 3.22. The van der Waals surface area contributed by atoms with E-state index in [1.807, 2.05) is 35.7 Å². The number of amides is 1. The van der Waals surface area contributed by atoms with Gasteiger partial charge < -0.3 is 10.2 Å². The van der Waals surface area contributed by atoms with Crippen molar-refractivity contribution in [3.8, 4) is 0 Å². The molecule has 140 valence electrons. The molecular weight excluding hydrogens is 359 g/mol. The van der Waals surface area contributed by atoms with E-state index in [9.17, 15) is 9.18 Å². The summed E-state index contributed by atoms with van der Waals surface area (Å²) in [6, 6.07) is 20.2. The highest BCUT2D eigenvalue weighted by Crippen LogP contribution is 2.26. The molecule has 0 saturated heterocycles. The maximum absolute atomic E-state index is 13.3. The van der Waals surface area contributed by atoms with Crippen molar-refractivity contribution in [2.75, 3.05) is 13.1 Å². The summed E-state index contributed by atoms with van der Waals surface area (Å²) in [5, 5.41) is 5.12. The molecule has 3 aromatic rings. The van der Waals surface area contributed by atoms with E-state index in [1.165, 1.54) is 22.6 Å². The fraction of sp³-hybridized carbons (Fsp3) is 0.227. The number of benzene rings is 2. The fourth-order valence-electron chi connectivity index (χ4n) is 3.07. The zero-order valence-corrected chi connectivity index (χ0v) is 16.1. The lowest BCUT2D eigenvalue weighted by molar-refractivity contribution is -0.904. The minimum atomic E-state index is -0.278. The number of thiophene rings is 1. The predicted octanol–water partition coefficient (Wildman–Crippen LogP) is 3.20. The first-order valence-corrected chi connectivity index (χ1v) is 9.99. The second-order valence-corrected chi connectivity index (χ2v) is 7.49. The van der Waals surface area contributed by atoms with Gasteiger partial charge in [-0.1, -0.05) is 48.5 Å². The number of carbonyl (C=O) groups is 1. The third-order valence-electron chi connectivity index (χ3n) is 4.54. The van der Waals surface area contributed by atoms with E-state index >= 15 is 0 Å². The predicted molar refractivity (Wildman–Crippen MR) is 107 cm³/mol. The fourth-order valence-corrected chi connectivity index (χ4v) is 3.87. The van der Waals surface area contributed by atoms with Crippen LogP contribution in [0, 0.1) is 5.82 Å². The number of nitrogens with one attached hydrogen (secondary N) is 2. The molecule has 0 bridgehead atoms. The molecule has 0 aliphatic rings. The number of likely N-dealkylation sites (N-methyl/N-ethyl adjacent to an activating group) is 1. The summed E-state index contributed by atoms with van der Waals surface area (Å²) >= 11 is 1.58. The highest BCUT2D eigenvalue weighted by Gasteiger charge is 2.21. The van der Waals surface area contributed by atoms with Crippen LogP contribution in [0.1, 0.15) is 29.0 Å². The second-order valence-electron chi connectivity index (χ2n) is 6.51. The van der Waals surface area contributed by atoms with E-state index < -0.39 is 0 Å². The van der Waals surface area contributed by atoms with Crippen molar-refractivity contribution in [1.82, 2.24) is 5.32 Å². The van der Waals surface area contributed by atoms with Crippen LogP contribution in [0.5, 0.6) is 0 Å². The van der Waals surface area contributed by atoms with Gasteiger partial charge in [-0.3, -0.25) is 4.79 Å². The Balaban J connectivity index is 1.69. The lowest BCUT2D eigenvalue weighted by atomic mass is 10.1. The summed E-state index contributed by atoms with van der Waals surface area (Å²) in [6.07, 6.45) is 0. The molecule has 3 nitrogen and oxygen atoms in total. The Morgan fingerprint density at radius 2 is 1.81 bits per heavy atom. The van der Waals surface area contributed by atoms with Gasteiger partial charge in [-0.15, -0.1) is 11.3 Å². The molecule has 2 atom stereocenters. The minimum Gasteiger partial charge on any atom is -0.339 e. The molecule has 27 heavy (non-hydrogen) atoms. The summed E-state index contributed by atoms with van der Waals surface area (Å²) in [6.45, 7) is 4.16. The first kappa shape index (κ1) is 19.3. The van der Waals surface area contributed by atoms with Crippen molar-refractivity contribution in [2.24, 2.45) is 0 Å². The number of carbonyl (C=O) groups excluding carboxylic acids is 1. The molecule has 1 unspecified atom stereocenters. The summed E-state index contributed by atoms with van der Waals surface area (Å²) in [4.78, 5) is 15.0. The first-order chi connectivity index (χ1) is 13.2. The standard InChI is InChI=1S/C22H23FN2OS/c1-2-25(15-17-7-4-3-5-8-17)16-21(26)24-22(20-9-6-14-27-20)18-10-12-19(23)13-11-18/h3-14,22H,2,15-16H2,1H3,(H,24,26)/p+1/t22-/m1/s1. The number of hydrogen-bond acceptors (Lipinski definition) is 2.